The van der Waals surface area contributed by atoms with Crippen LogP contribution in [-0.4, -0.2) is 52.7 Å². The van der Waals surface area contributed by atoms with E-state index >= 15 is 0 Å². The van der Waals surface area contributed by atoms with Gasteiger partial charge in [0.2, 0.25) is 0 Å². The van der Waals surface area contributed by atoms with E-state index < -0.39 is 30.4 Å². The van der Waals surface area contributed by atoms with Crippen LogP contribution in [0.3, 0.4) is 0 Å². The molecule has 2 aliphatic rings. The monoisotopic (exact) mass is 420 g/mol. The first-order valence-corrected chi connectivity index (χ1v) is 10.4. The SMILES string of the molecule is CC(C)[C@@H](C(=O)OCC(=O)N1CCc2ccccc2C1)N1C(=O)c2ccccc2C1=O. The number of fused-ring (bicyclic) bond motifs is 2. The summed E-state index contributed by atoms with van der Waals surface area (Å²) >= 11 is 0. The number of carbonyl (C=O) groups excluding carboxylic acids is 4. The lowest BCUT2D eigenvalue weighted by atomic mass is 10.00. The van der Waals surface area contributed by atoms with Gasteiger partial charge in [-0.3, -0.25) is 19.3 Å². The van der Waals surface area contributed by atoms with E-state index in [1.54, 1.807) is 43.0 Å². The molecule has 0 spiro atoms. The van der Waals surface area contributed by atoms with Crippen LogP contribution in [0.25, 0.3) is 0 Å². The molecule has 2 heterocycles. The third kappa shape index (κ3) is 3.83. The lowest BCUT2D eigenvalue weighted by Crippen LogP contribution is -2.49. The van der Waals surface area contributed by atoms with E-state index in [0.29, 0.717) is 13.1 Å². The Labute approximate surface area is 180 Å². The zero-order valence-electron chi connectivity index (χ0n) is 17.5. The summed E-state index contributed by atoms with van der Waals surface area (Å²) in [4.78, 5) is 53.7. The van der Waals surface area contributed by atoms with E-state index in [-0.39, 0.29) is 23.0 Å². The van der Waals surface area contributed by atoms with Gasteiger partial charge in [0.15, 0.2) is 6.61 Å². The van der Waals surface area contributed by atoms with Crippen LogP contribution in [0, 0.1) is 5.92 Å². The van der Waals surface area contributed by atoms with Crippen molar-refractivity contribution in [3.63, 3.8) is 0 Å². The number of nitrogens with zero attached hydrogens (tertiary/aromatic N) is 2. The molecule has 4 rings (SSSR count). The van der Waals surface area contributed by atoms with Gasteiger partial charge in [-0.05, 0) is 35.6 Å². The number of amides is 3. The Bertz CT molecular complexity index is 1030. The first kappa shape index (κ1) is 20.8. The molecular weight excluding hydrogens is 396 g/mol. The summed E-state index contributed by atoms with van der Waals surface area (Å²) in [5.41, 5.74) is 2.84. The van der Waals surface area contributed by atoms with Gasteiger partial charge in [0.05, 0.1) is 11.1 Å². The highest BCUT2D eigenvalue weighted by Gasteiger charge is 2.44. The summed E-state index contributed by atoms with van der Waals surface area (Å²) in [6, 6.07) is 13.3. The summed E-state index contributed by atoms with van der Waals surface area (Å²) in [6.07, 6.45) is 0.750. The van der Waals surface area contributed by atoms with Crippen LogP contribution in [0.5, 0.6) is 0 Å². The molecule has 7 heteroatoms. The fourth-order valence-electron chi connectivity index (χ4n) is 4.15. The molecule has 160 valence electrons. The fourth-order valence-corrected chi connectivity index (χ4v) is 4.15. The quantitative estimate of drug-likeness (QED) is 0.548. The molecule has 31 heavy (non-hydrogen) atoms. The van der Waals surface area contributed by atoms with Gasteiger partial charge in [-0.2, -0.15) is 0 Å². The summed E-state index contributed by atoms with van der Waals surface area (Å²) in [5, 5.41) is 0. The molecule has 3 amide bonds. The lowest BCUT2D eigenvalue weighted by molar-refractivity contribution is -0.156. The molecular formula is C24H24N2O5. The number of imide groups is 1. The van der Waals surface area contributed by atoms with Crippen molar-refractivity contribution in [2.75, 3.05) is 13.2 Å². The summed E-state index contributed by atoms with van der Waals surface area (Å²) in [7, 11) is 0. The van der Waals surface area contributed by atoms with E-state index in [0.717, 1.165) is 16.9 Å². The van der Waals surface area contributed by atoms with E-state index in [1.807, 2.05) is 24.3 Å². The van der Waals surface area contributed by atoms with Crippen molar-refractivity contribution in [1.29, 1.82) is 0 Å². The second-order valence-electron chi connectivity index (χ2n) is 8.16. The molecule has 2 aromatic rings. The predicted octanol–water partition coefficient (Wildman–Crippen LogP) is 2.44. The van der Waals surface area contributed by atoms with Gasteiger partial charge in [0, 0.05) is 13.1 Å². The highest BCUT2D eigenvalue weighted by Crippen LogP contribution is 2.27. The van der Waals surface area contributed by atoms with E-state index in [1.165, 1.54) is 5.56 Å². The number of hydrogen-bond donors (Lipinski definition) is 0. The maximum atomic E-state index is 12.9. The Hall–Kier alpha value is -3.48. The first-order valence-electron chi connectivity index (χ1n) is 10.4. The van der Waals surface area contributed by atoms with Gasteiger partial charge < -0.3 is 9.64 Å². The molecule has 0 saturated carbocycles. The maximum Gasteiger partial charge on any atom is 0.330 e. The van der Waals surface area contributed by atoms with Gasteiger partial charge in [0.1, 0.15) is 6.04 Å². The van der Waals surface area contributed by atoms with Crippen LogP contribution in [0.2, 0.25) is 0 Å². The molecule has 2 aliphatic heterocycles. The molecule has 0 bridgehead atoms. The maximum absolute atomic E-state index is 12.9. The summed E-state index contributed by atoms with van der Waals surface area (Å²) < 4.78 is 5.30. The summed E-state index contributed by atoms with van der Waals surface area (Å²) in [5.74, 6) is -2.46. The van der Waals surface area contributed by atoms with Crippen molar-refractivity contribution >= 4 is 23.7 Å². The number of esters is 1. The molecule has 7 nitrogen and oxygen atoms in total. The fraction of sp³-hybridized carbons (Fsp3) is 0.333. The lowest BCUT2D eigenvalue weighted by Gasteiger charge is -2.30. The third-order valence-electron chi connectivity index (χ3n) is 5.80. The minimum absolute atomic E-state index is 0.272. The largest absolute Gasteiger partial charge is 0.454 e. The third-order valence-corrected chi connectivity index (χ3v) is 5.80. The van der Waals surface area contributed by atoms with Gasteiger partial charge >= 0.3 is 5.97 Å². The van der Waals surface area contributed by atoms with Crippen molar-refractivity contribution in [2.45, 2.75) is 32.9 Å². The highest BCUT2D eigenvalue weighted by molar-refractivity contribution is 6.22. The second kappa shape index (κ2) is 8.34. The van der Waals surface area contributed by atoms with E-state index in [9.17, 15) is 19.2 Å². The van der Waals surface area contributed by atoms with Gasteiger partial charge in [-0.15, -0.1) is 0 Å². The van der Waals surface area contributed by atoms with Crippen LogP contribution < -0.4 is 0 Å². The zero-order chi connectivity index (χ0) is 22.1. The molecule has 0 aromatic heterocycles. The smallest absolute Gasteiger partial charge is 0.330 e. The Morgan fingerprint density at radius 3 is 2.13 bits per heavy atom. The van der Waals surface area contributed by atoms with Gasteiger partial charge in [-0.1, -0.05) is 50.2 Å². The van der Waals surface area contributed by atoms with Crippen molar-refractivity contribution in [1.82, 2.24) is 9.80 Å². The van der Waals surface area contributed by atoms with Crippen molar-refractivity contribution in [2.24, 2.45) is 5.92 Å². The molecule has 1 atom stereocenters. The van der Waals surface area contributed by atoms with E-state index in [2.05, 4.69) is 0 Å². The summed E-state index contributed by atoms with van der Waals surface area (Å²) in [6.45, 7) is 4.07. The number of carbonyl (C=O) groups is 4. The number of rotatable bonds is 5. The number of hydrogen-bond acceptors (Lipinski definition) is 5. The van der Waals surface area contributed by atoms with Crippen molar-refractivity contribution in [3.05, 3.63) is 70.8 Å². The molecule has 0 N–H and O–H groups in total. The standard InChI is InChI=1S/C24H24N2O5/c1-15(2)21(26-22(28)18-9-5-6-10-19(18)23(26)29)24(30)31-14-20(27)25-12-11-16-7-3-4-8-17(16)13-25/h3-10,15,21H,11-14H2,1-2H3/t21-/m0/s1. The molecule has 0 radical (unpaired) electrons. The highest BCUT2D eigenvalue weighted by atomic mass is 16.5. The normalized spacial score (nSPS) is 16.2. The van der Waals surface area contributed by atoms with Gasteiger partial charge in [0.25, 0.3) is 17.7 Å². The molecule has 0 unspecified atom stereocenters. The second-order valence-corrected chi connectivity index (χ2v) is 8.16. The van der Waals surface area contributed by atoms with Crippen LogP contribution in [0.1, 0.15) is 45.7 Å². The Balaban J connectivity index is 1.43. The molecule has 0 fully saturated rings. The van der Waals surface area contributed by atoms with Crippen LogP contribution in [0.4, 0.5) is 0 Å². The van der Waals surface area contributed by atoms with Crippen molar-refractivity contribution < 1.29 is 23.9 Å². The Kier molecular flexibility index (Phi) is 5.59. The predicted molar refractivity (Wildman–Crippen MR) is 112 cm³/mol. The Morgan fingerprint density at radius 1 is 0.935 bits per heavy atom. The number of benzene rings is 2. The minimum atomic E-state index is -1.10. The first-order chi connectivity index (χ1) is 14.9. The minimum Gasteiger partial charge on any atom is -0.454 e. The molecule has 0 saturated heterocycles. The average Bonchev–Trinajstić information content (AvgIpc) is 3.02. The Morgan fingerprint density at radius 2 is 1.52 bits per heavy atom. The van der Waals surface area contributed by atoms with Crippen LogP contribution >= 0.6 is 0 Å². The molecule has 2 aromatic carbocycles. The topological polar surface area (TPSA) is 84.0 Å². The average molecular weight is 420 g/mol. The van der Waals surface area contributed by atoms with Crippen LogP contribution in [0.15, 0.2) is 48.5 Å². The number of ether oxygens (including phenoxy) is 1. The van der Waals surface area contributed by atoms with E-state index in [4.69, 9.17) is 4.74 Å². The van der Waals surface area contributed by atoms with Crippen molar-refractivity contribution in [3.8, 4) is 0 Å². The molecule has 0 aliphatic carbocycles. The van der Waals surface area contributed by atoms with Gasteiger partial charge in [-0.25, -0.2) is 4.79 Å². The zero-order valence-corrected chi connectivity index (χ0v) is 17.5. The van der Waals surface area contributed by atoms with Crippen LogP contribution in [-0.2, 0) is 27.3 Å².